The molecule has 1 atom stereocenters. The molecule has 2 N–H and O–H groups in total. The Morgan fingerprint density at radius 1 is 1.07 bits per heavy atom. The van der Waals surface area contributed by atoms with Gasteiger partial charge in [-0.3, -0.25) is 0 Å². The van der Waals surface area contributed by atoms with Gasteiger partial charge in [-0.15, -0.1) is 0 Å². The van der Waals surface area contributed by atoms with Gasteiger partial charge in [0.25, 0.3) is 0 Å². The zero-order valence-electron chi connectivity index (χ0n) is 8.10. The SMILES string of the molecule is Cc1ccc([C@H](N)c2ccccc2)o1. The van der Waals surface area contributed by atoms with E-state index in [9.17, 15) is 0 Å². The second kappa shape index (κ2) is 3.68. The van der Waals surface area contributed by atoms with Gasteiger partial charge in [0.05, 0.1) is 6.04 Å². The fourth-order valence-electron chi connectivity index (χ4n) is 1.45. The summed E-state index contributed by atoms with van der Waals surface area (Å²) >= 11 is 0. The van der Waals surface area contributed by atoms with E-state index in [4.69, 9.17) is 10.2 Å². The maximum atomic E-state index is 6.04. The largest absolute Gasteiger partial charge is 0.464 e. The Bertz CT molecular complexity index is 405. The Morgan fingerprint density at radius 2 is 1.79 bits per heavy atom. The van der Waals surface area contributed by atoms with Crippen LogP contribution in [0.5, 0.6) is 0 Å². The quantitative estimate of drug-likeness (QED) is 0.785. The summed E-state index contributed by atoms with van der Waals surface area (Å²) < 4.78 is 5.47. The van der Waals surface area contributed by atoms with Crippen molar-refractivity contribution < 1.29 is 4.42 Å². The van der Waals surface area contributed by atoms with Crippen molar-refractivity contribution in [2.45, 2.75) is 13.0 Å². The molecule has 1 aromatic heterocycles. The Kier molecular flexibility index (Phi) is 2.37. The van der Waals surface area contributed by atoms with Gasteiger partial charge in [-0.25, -0.2) is 0 Å². The van der Waals surface area contributed by atoms with Crippen LogP contribution < -0.4 is 5.73 Å². The van der Waals surface area contributed by atoms with E-state index in [0.717, 1.165) is 17.1 Å². The summed E-state index contributed by atoms with van der Waals surface area (Å²) in [5.41, 5.74) is 7.11. The van der Waals surface area contributed by atoms with Gasteiger partial charge in [-0.2, -0.15) is 0 Å². The lowest BCUT2D eigenvalue weighted by Crippen LogP contribution is -2.10. The topological polar surface area (TPSA) is 39.2 Å². The Hall–Kier alpha value is -1.54. The van der Waals surface area contributed by atoms with Crippen molar-refractivity contribution in [1.82, 2.24) is 0 Å². The van der Waals surface area contributed by atoms with E-state index in [1.807, 2.05) is 49.4 Å². The molecular formula is C12H13NO. The van der Waals surface area contributed by atoms with Crippen LogP contribution in [-0.2, 0) is 0 Å². The lowest BCUT2D eigenvalue weighted by molar-refractivity contribution is 0.466. The normalized spacial score (nSPS) is 12.7. The van der Waals surface area contributed by atoms with E-state index >= 15 is 0 Å². The molecule has 2 rings (SSSR count). The molecule has 0 bridgehead atoms. The molecule has 1 heterocycles. The molecule has 0 amide bonds. The molecule has 0 saturated heterocycles. The van der Waals surface area contributed by atoms with Crippen molar-refractivity contribution in [2.75, 3.05) is 0 Å². The highest BCUT2D eigenvalue weighted by Gasteiger charge is 2.11. The lowest BCUT2D eigenvalue weighted by Gasteiger charge is -2.08. The number of rotatable bonds is 2. The summed E-state index contributed by atoms with van der Waals surface area (Å²) in [6.07, 6.45) is 0. The first kappa shape index (κ1) is 9.03. The van der Waals surface area contributed by atoms with Crippen LogP contribution >= 0.6 is 0 Å². The molecule has 2 heteroatoms. The Labute approximate surface area is 83.4 Å². The predicted molar refractivity (Wildman–Crippen MR) is 55.9 cm³/mol. The standard InChI is InChI=1S/C12H13NO/c1-9-7-8-11(14-9)12(13)10-5-3-2-4-6-10/h2-8,12H,13H2,1H3/t12-/m1/s1. The van der Waals surface area contributed by atoms with Gasteiger partial charge < -0.3 is 10.2 Å². The zero-order chi connectivity index (χ0) is 9.97. The second-order valence-electron chi connectivity index (χ2n) is 3.34. The predicted octanol–water partition coefficient (Wildman–Crippen LogP) is 2.64. The minimum atomic E-state index is -0.162. The van der Waals surface area contributed by atoms with Gasteiger partial charge in [-0.1, -0.05) is 30.3 Å². The van der Waals surface area contributed by atoms with E-state index in [0.29, 0.717) is 0 Å². The van der Waals surface area contributed by atoms with E-state index in [2.05, 4.69) is 0 Å². The molecule has 72 valence electrons. The molecule has 0 aliphatic carbocycles. The Balaban J connectivity index is 2.29. The fourth-order valence-corrected chi connectivity index (χ4v) is 1.45. The summed E-state index contributed by atoms with van der Waals surface area (Å²) in [6, 6.07) is 13.6. The molecule has 2 aromatic rings. The monoisotopic (exact) mass is 187 g/mol. The molecule has 0 fully saturated rings. The van der Waals surface area contributed by atoms with Crippen LogP contribution in [0, 0.1) is 6.92 Å². The third-order valence-electron chi connectivity index (χ3n) is 2.23. The third-order valence-corrected chi connectivity index (χ3v) is 2.23. The average Bonchev–Trinajstić information content (AvgIpc) is 2.65. The van der Waals surface area contributed by atoms with Crippen molar-refractivity contribution in [3.05, 3.63) is 59.5 Å². The first-order valence-electron chi connectivity index (χ1n) is 4.64. The summed E-state index contributed by atoms with van der Waals surface area (Å²) in [5, 5.41) is 0. The van der Waals surface area contributed by atoms with Gasteiger partial charge in [-0.05, 0) is 24.6 Å². The van der Waals surface area contributed by atoms with Crippen LogP contribution in [0.2, 0.25) is 0 Å². The van der Waals surface area contributed by atoms with Crippen molar-refractivity contribution in [1.29, 1.82) is 0 Å². The summed E-state index contributed by atoms with van der Waals surface area (Å²) in [7, 11) is 0. The smallest absolute Gasteiger partial charge is 0.125 e. The minimum absolute atomic E-state index is 0.162. The van der Waals surface area contributed by atoms with Gasteiger partial charge in [0.2, 0.25) is 0 Å². The van der Waals surface area contributed by atoms with Gasteiger partial charge in [0.1, 0.15) is 11.5 Å². The molecule has 14 heavy (non-hydrogen) atoms. The molecule has 0 aliphatic rings. The average molecular weight is 187 g/mol. The van der Waals surface area contributed by atoms with Crippen LogP contribution in [-0.4, -0.2) is 0 Å². The zero-order valence-corrected chi connectivity index (χ0v) is 8.10. The fraction of sp³-hybridized carbons (Fsp3) is 0.167. The number of hydrogen-bond acceptors (Lipinski definition) is 2. The van der Waals surface area contributed by atoms with Crippen molar-refractivity contribution >= 4 is 0 Å². The van der Waals surface area contributed by atoms with E-state index < -0.39 is 0 Å². The minimum Gasteiger partial charge on any atom is -0.464 e. The van der Waals surface area contributed by atoms with E-state index in [1.165, 1.54) is 0 Å². The summed E-state index contributed by atoms with van der Waals surface area (Å²) in [6.45, 7) is 1.92. The number of nitrogens with two attached hydrogens (primary N) is 1. The van der Waals surface area contributed by atoms with Crippen LogP contribution in [0.1, 0.15) is 23.1 Å². The maximum absolute atomic E-state index is 6.04. The highest BCUT2D eigenvalue weighted by Crippen LogP contribution is 2.20. The molecule has 0 spiro atoms. The van der Waals surface area contributed by atoms with Crippen LogP contribution in [0.3, 0.4) is 0 Å². The lowest BCUT2D eigenvalue weighted by atomic mass is 10.1. The van der Waals surface area contributed by atoms with Crippen molar-refractivity contribution in [3.63, 3.8) is 0 Å². The third kappa shape index (κ3) is 1.70. The van der Waals surface area contributed by atoms with Crippen molar-refractivity contribution in [2.24, 2.45) is 5.73 Å². The van der Waals surface area contributed by atoms with E-state index in [1.54, 1.807) is 0 Å². The Morgan fingerprint density at radius 3 is 2.36 bits per heavy atom. The molecule has 0 unspecified atom stereocenters. The van der Waals surface area contributed by atoms with Crippen molar-refractivity contribution in [3.8, 4) is 0 Å². The molecular weight excluding hydrogens is 174 g/mol. The van der Waals surface area contributed by atoms with Crippen LogP contribution in [0.4, 0.5) is 0 Å². The number of furan rings is 1. The first-order chi connectivity index (χ1) is 6.77. The molecule has 0 aliphatic heterocycles. The summed E-state index contributed by atoms with van der Waals surface area (Å²) in [4.78, 5) is 0. The van der Waals surface area contributed by atoms with Gasteiger partial charge in [0, 0.05) is 0 Å². The van der Waals surface area contributed by atoms with Gasteiger partial charge in [0.15, 0.2) is 0 Å². The number of hydrogen-bond donors (Lipinski definition) is 1. The van der Waals surface area contributed by atoms with Crippen LogP contribution in [0.25, 0.3) is 0 Å². The maximum Gasteiger partial charge on any atom is 0.125 e. The molecule has 0 saturated carbocycles. The first-order valence-corrected chi connectivity index (χ1v) is 4.64. The number of benzene rings is 1. The second-order valence-corrected chi connectivity index (χ2v) is 3.34. The van der Waals surface area contributed by atoms with E-state index in [-0.39, 0.29) is 6.04 Å². The van der Waals surface area contributed by atoms with Crippen LogP contribution in [0.15, 0.2) is 46.9 Å². The van der Waals surface area contributed by atoms with Gasteiger partial charge >= 0.3 is 0 Å². The highest BCUT2D eigenvalue weighted by atomic mass is 16.3. The summed E-state index contributed by atoms with van der Waals surface area (Å²) in [5.74, 6) is 1.71. The molecule has 0 radical (unpaired) electrons. The molecule has 1 aromatic carbocycles. The highest BCUT2D eigenvalue weighted by molar-refractivity contribution is 5.26. The number of aryl methyl sites for hydroxylation is 1. The molecule has 2 nitrogen and oxygen atoms in total.